The fourth-order valence-corrected chi connectivity index (χ4v) is 4.06. The van der Waals surface area contributed by atoms with E-state index in [4.69, 9.17) is 4.74 Å². The minimum absolute atomic E-state index is 0.199. The van der Waals surface area contributed by atoms with Crippen LogP contribution in [-0.2, 0) is 0 Å². The number of rotatable bonds is 5. The fourth-order valence-electron chi connectivity index (χ4n) is 4.06. The quantitative estimate of drug-likeness (QED) is 0.507. The van der Waals surface area contributed by atoms with Gasteiger partial charge in [-0.15, -0.1) is 0 Å². The summed E-state index contributed by atoms with van der Waals surface area (Å²) in [5.74, 6) is 1.94. The van der Waals surface area contributed by atoms with Gasteiger partial charge >= 0.3 is 0 Å². The van der Waals surface area contributed by atoms with E-state index in [9.17, 15) is 4.39 Å². The number of nitrogens with one attached hydrogen (secondary N) is 1. The van der Waals surface area contributed by atoms with Crippen LogP contribution in [0.5, 0.6) is 11.6 Å². The zero-order valence-corrected chi connectivity index (χ0v) is 17.3. The molecule has 1 aliphatic rings. The van der Waals surface area contributed by atoms with E-state index in [0.29, 0.717) is 5.88 Å². The van der Waals surface area contributed by atoms with Crippen LogP contribution in [-0.4, -0.2) is 46.0 Å². The normalized spacial score (nSPS) is 15.9. The standard InChI is InChI=1S/C24H24FN5O/c1-17(18-2-4-20(25)5-3-18)29-10-12-30(13-11-29)23-15-24(28-16-27-23)31-21-6-7-22-19(14-21)8-9-26-22/h2-9,14-17,26H,10-13H2,1H3. The Kier molecular flexibility index (Phi) is 5.26. The maximum absolute atomic E-state index is 13.2. The molecular weight excluding hydrogens is 393 g/mol. The van der Waals surface area contributed by atoms with Gasteiger partial charge in [0, 0.05) is 55.4 Å². The lowest BCUT2D eigenvalue weighted by Gasteiger charge is -2.38. The molecule has 2 aromatic heterocycles. The van der Waals surface area contributed by atoms with Gasteiger partial charge in [-0.05, 0) is 48.9 Å². The van der Waals surface area contributed by atoms with E-state index in [0.717, 1.165) is 54.2 Å². The van der Waals surface area contributed by atoms with Gasteiger partial charge in [0.15, 0.2) is 0 Å². The molecule has 1 unspecified atom stereocenters. The third-order valence-corrected chi connectivity index (χ3v) is 5.91. The molecule has 0 amide bonds. The first-order valence-corrected chi connectivity index (χ1v) is 10.5. The number of benzene rings is 2. The van der Waals surface area contributed by atoms with Gasteiger partial charge < -0.3 is 14.6 Å². The van der Waals surface area contributed by atoms with E-state index in [-0.39, 0.29) is 11.9 Å². The molecule has 0 bridgehead atoms. The molecule has 0 radical (unpaired) electrons. The molecule has 1 N–H and O–H groups in total. The second kappa shape index (κ2) is 8.35. The second-order valence-electron chi connectivity index (χ2n) is 7.79. The summed E-state index contributed by atoms with van der Waals surface area (Å²) in [5.41, 5.74) is 2.20. The maximum Gasteiger partial charge on any atom is 0.224 e. The van der Waals surface area contributed by atoms with E-state index < -0.39 is 0 Å². The summed E-state index contributed by atoms with van der Waals surface area (Å²) in [4.78, 5) is 16.6. The Bertz CT molecular complexity index is 1170. The third kappa shape index (κ3) is 4.22. The van der Waals surface area contributed by atoms with Crippen molar-refractivity contribution < 1.29 is 9.13 Å². The second-order valence-corrected chi connectivity index (χ2v) is 7.79. The first kappa shape index (κ1) is 19.5. The Balaban J connectivity index is 1.23. The summed E-state index contributed by atoms with van der Waals surface area (Å²) in [6.45, 7) is 5.70. The van der Waals surface area contributed by atoms with Gasteiger partial charge in [-0.25, -0.2) is 14.4 Å². The maximum atomic E-state index is 13.2. The number of anilines is 1. The van der Waals surface area contributed by atoms with Crippen molar-refractivity contribution in [3.8, 4) is 11.6 Å². The highest BCUT2D eigenvalue weighted by atomic mass is 19.1. The van der Waals surface area contributed by atoms with Crippen molar-refractivity contribution in [2.75, 3.05) is 31.1 Å². The Morgan fingerprint density at radius 2 is 1.77 bits per heavy atom. The van der Waals surface area contributed by atoms with Crippen LogP contribution in [0.1, 0.15) is 18.5 Å². The molecule has 1 fully saturated rings. The minimum Gasteiger partial charge on any atom is -0.439 e. The number of nitrogens with zero attached hydrogens (tertiary/aromatic N) is 4. The first-order valence-electron chi connectivity index (χ1n) is 10.5. The molecule has 1 saturated heterocycles. The van der Waals surface area contributed by atoms with E-state index >= 15 is 0 Å². The van der Waals surface area contributed by atoms with Gasteiger partial charge in [0.25, 0.3) is 0 Å². The molecule has 4 aromatic rings. The van der Waals surface area contributed by atoms with E-state index in [1.165, 1.54) is 12.1 Å². The number of hydrogen-bond donors (Lipinski definition) is 1. The van der Waals surface area contributed by atoms with Crippen LogP contribution < -0.4 is 9.64 Å². The zero-order valence-electron chi connectivity index (χ0n) is 17.3. The van der Waals surface area contributed by atoms with Crippen molar-refractivity contribution in [1.29, 1.82) is 0 Å². The summed E-state index contributed by atoms with van der Waals surface area (Å²) in [6, 6.07) is 16.8. The van der Waals surface area contributed by atoms with Crippen molar-refractivity contribution in [2.45, 2.75) is 13.0 Å². The average Bonchev–Trinajstić information content (AvgIpc) is 3.27. The van der Waals surface area contributed by atoms with Gasteiger partial charge in [0.2, 0.25) is 5.88 Å². The predicted molar refractivity (Wildman–Crippen MR) is 119 cm³/mol. The highest BCUT2D eigenvalue weighted by molar-refractivity contribution is 5.80. The summed E-state index contributed by atoms with van der Waals surface area (Å²) >= 11 is 0. The smallest absolute Gasteiger partial charge is 0.224 e. The van der Waals surface area contributed by atoms with Gasteiger partial charge in [-0.1, -0.05) is 12.1 Å². The highest BCUT2D eigenvalue weighted by Gasteiger charge is 2.23. The molecule has 6 nitrogen and oxygen atoms in total. The Labute approximate surface area is 180 Å². The highest BCUT2D eigenvalue weighted by Crippen LogP contribution is 2.27. The third-order valence-electron chi connectivity index (χ3n) is 5.91. The molecule has 7 heteroatoms. The van der Waals surface area contributed by atoms with Crippen molar-refractivity contribution in [3.05, 3.63) is 78.5 Å². The molecule has 1 atom stereocenters. The topological polar surface area (TPSA) is 57.3 Å². The molecule has 0 saturated carbocycles. The first-order chi connectivity index (χ1) is 15.2. The Hall–Kier alpha value is -3.45. The molecule has 0 aliphatic carbocycles. The van der Waals surface area contributed by atoms with Gasteiger partial charge in [-0.3, -0.25) is 4.90 Å². The minimum atomic E-state index is -0.199. The number of hydrogen-bond acceptors (Lipinski definition) is 5. The lowest BCUT2D eigenvalue weighted by Crippen LogP contribution is -2.47. The van der Waals surface area contributed by atoms with Crippen molar-refractivity contribution in [2.24, 2.45) is 0 Å². The summed E-state index contributed by atoms with van der Waals surface area (Å²) in [7, 11) is 0. The molecule has 1 aliphatic heterocycles. The van der Waals surface area contributed by atoms with Crippen LogP contribution in [0.2, 0.25) is 0 Å². The van der Waals surface area contributed by atoms with Gasteiger partial charge in [0.1, 0.15) is 23.7 Å². The van der Waals surface area contributed by atoms with Crippen LogP contribution >= 0.6 is 0 Å². The molecule has 0 spiro atoms. The predicted octanol–water partition coefficient (Wildman–Crippen LogP) is 4.77. The van der Waals surface area contributed by atoms with Crippen LogP contribution in [0.25, 0.3) is 10.9 Å². The Morgan fingerprint density at radius 3 is 2.58 bits per heavy atom. The lowest BCUT2D eigenvalue weighted by molar-refractivity contribution is 0.198. The monoisotopic (exact) mass is 417 g/mol. The number of fused-ring (bicyclic) bond motifs is 1. The van der Waals surface area contributed by atoms with Crippen molar-refractivity contribution in [3.63, 3.8) is 0 Å². The van der Waals surface area contributed by atoms with E-state index in [2.05, 4.69) is 31.7 Å². The molecule has 158 valence electrons. The SMILES string of the molecule is CC(c1ccc(F)cc1)N1CCN(c2cc(Oc3ccc4[nH]ccc4c3)ncn2)CC1. The number of aromatic amines is 1. The summed E-state index contributed by atoms with van der Waals surface area (Å²) in [6.07, 6.45) is 3.46. The number of piperazine rings is 1. The van der Waals surface area contributed by atoms with Crippen molar-refractivity contribution >= 4 is 16.7 Å². The van der Waals surface area contributed by atoms with Crippen LogP contribution in [0.4, 0.5) is 10.2 Å². The molecular formula is C24H24FN5O. The van der Waals surface area contributed by atoms with Crippen LogP contribution in [0.3, 0.4) is 0 Å². The number of ether oxygens (including phenoxy) is 1. The van der Waals surface area contributed by atoms with Crippen LogP contribution in [0, 0.1) is 5.82 Å². The van der Waals surface area contributed by atoms with E-state index in [1.54, 1.807) is 6.33 Å². The number of H-pyrrole nitrogens is 1. The van der Waals surface area contributed by atoms with Crippen molar-refractivity contribution in [1.82, 2.24) is 19.9 Å². The molecule has 5 rings (SSSR count). The lowest BCUT2D eigenvalue weighted by atomic mass is 10.1. The van der Waals surface area contributed by atoms with E-state index in [1.807, 2.05) is 48.7 Å². The largest absolute Gasteiger partial charge is 0.439 e. The summed E-state index contributed by atoms with van der Waals surface area (Å²) < 4.78 is 19.2. The molecule has 3 heterocycles. The average molecular weight is 417 g/mol. The summed E-state index contributed by atoms with van der Waals surface area (Å²) in [5, 5.41) is 1.10. The van der Waals surface area contributed by atoms with Gasteiger partial charge in [0.05, 0.1) is 0 Å². The molecule has 31 heavy (non-hydrogen) atoms. The fraction of sp³-hybridized carbons (Fsp3) is 0.250. The van der Waals surface area contributed by atoms with Crippen LogP contribution in [0.15, 0.2) is 67.1 Å². The number of halogens is 1. The zero-order chi connectivity index (χ0) is 21.2. The van der Waals surface area contributed by atoms with Gasteiger partial charge in [-0.2, -0.15) is 0 Å². The Morgan fingerprint density at radius 1 is 0.968 bits per heavy atom. The number of aromatic nitrogens is 3. The molecule has 2 aromatic carbocycles.